The van der Waals surface area contributed by atoms with Crippen LogP contribution in [0.4, 0.5) is 0 Å². The van der Waals surface area contributed by atoms with Gasteiger partial charge in [-0.3, -0.25) is 0 Å². The lowest BCUT2D eigenvalue weighted by atomic mass is 9.89. The summed E-state index contributed by atoms with van der Waals surface area (Å²) in [6, 6.07) is 0. The van der Waals surface area contributed by atoms with Crippen LogP contribution in [0, 0.1) is 5.92 Å². The second-order valence-corrected chi connectivity index (χ2v) is 5.53. The smallest absolute Gasteiger partial charge is 0.146 e. The normalized spacial score (nSPS) is 18.3. The summed E-state index contributed by atoms with van der Waals surface area (Å²) in [4.78, 5) is 0. The van der Waals surface area contributed by atoms with Crippen molar-refractivity contribution in [2.24, 2.45) is 5.92 Å². The van der Waals surface area contributed by atoms with Gasteiger partial charge in [-0.05, 0) is 26.2 Å². The van der Waals surface area contributed by atoms with Crippen molar-refractivity contribution in [3.8, 4) is 0 Å². The summed E-state index contributed by atoms with van der Waals surface area (Å²) in [6.45, 7) is 8.88. The summed E-state index contributed by atoms with van der Waals surface area (Å²) in [5.74, 6) is 0.644. The summed E-state index contributed by atoms with van der Waals surface area (Å²) >= 11 is 2.52. The molecule has 3 heteroatoms. The van der Waals surface area contributed by atoms with E-state index in [2.05, 4.69) is 50.3 Å². The van der Waals surface area contributed by atoms with E-state index in [9.17, 15) is 0 Å². The molecule has 0 aromatic rings. The molecule has 1 nitrogen and oxygen atoms in total. The van der Waals surface area contributed by atoms with Crippen LogP contribution in [0.5, 0.6) is 0 Å². The van der Waals surface area contributed by atoms with E-state index >= 15 is 0 Å². The van der Waals surface area contributed by atoms with Crippen LogP contribution >= 0.6 is 22.6 Å². The quantitative estimate of drug-likeness (QED) is 0.436. The van der Waals surface area contributed by atoms with Crippen molar-refractivity contribution in [3.05, 3.63) is 0 Å². The Morgan fingerprint density at radius 3 is 2.27 bits per heavy atom. The average Bonchev–Trinajstić information content (AvgIpc) is 2.01. The molecule has 0 N–H and O–H groups in total. The Kier molecular flexibility index (Phi) is 5.21. The molecule has 2 atom stereocenters. The molecule has 0 aliphatic rings. The summed E-state index contributed by atoms with van der Waals surface area (Å²) in [7, 11) is 0.840. The Hall–Kier alpha value is 0.907. The Balaban J connectivity index is 4.10. The van der Waals surface area contributed by atoms with Gasteiger partial charge in [-0.1, -0.05) is 36.4 Å². The van der Waals surface area contributed by atoms with E-state index in [1.54, 1.807) is 0 Å². The molecule has 0 heterocycles. The Bertz CT molecular complexity index is 117. The van der Waals surface area contributed by atoms with E-state index in [1.807, 2.05) is 0 Å². The van der Waals surface area contributed by atoms with Crippen molar-refractivity contribution in [2.75, 3.05) is 0 Å². The minimum absolute atomic E-state index is 0.0775. The highest BCUT2D eigenvalue weighted by Gasteiger charge is 2.28. The fourth-order valence-corrected chi connectivity index (χ4v) is 2.21. The second kappa shape index (κ2) is 4.82. The van der Waals surface area contributed by atoms with E-state index in [1.165, 1.54) is 6.42 Å². The van der Waals surface area contributed by atoms with Gasteiger partial charge in [0.25, 0.3) is 0 Å². The van der Waals surface area contributed by atoms with Gasteiger partial charge in [-0.15, -0.1) is 0 Å². The van der Waals surface area contributed by atoms with Crippen molar-refractivity contribution >= 4 is 33.1 Å². The minimum Gasteiger partial charge on any atom is -0.423 e. The second-order valence-electron chi connectivity index (χ2n) is 3.52. The van der Waals surface area contributed by atoms with Gasteiger partial charge < -0.3 is 4.43 Å². The zero-order valence-corrected chi connectivity index (χ0v) is 12.3. The first-order valence-corrected chi connectivity index (χ1v) is 6.21. The molecule has 0 aromatic carbocycles. The van der Waals surface area contributed by atoms with Crippen LogP contribution in [0.1, 0.15) is 34.1 Å². The van der Waals surface area contributed by atoms with Crippen molar-refractivity contribution in [1.29, 1.82) is 0 Å². The summed E-state index contributed by atoms with van der Waals surface area (Å²) in [5.41, 5.74) is 0.0775. The van der Waals surface area contributed by atoms with Crippen LogP contribution < -0.4 is 0 Å². The van der Waals surface area contributed by atoms with Crippen molar-refractivity contribution in [2.45, 2.75) is 43.6 Å². The molecule has 0 amide bonds. The zero-order valence-electron chi connectivity index (χ0n) is 8.15. The zero-order chi connectivity index (χ0) is 9.07. The van der Waals surface area contributed by atoms with Gasteiger partial charge in [0.1, 0.15) is 10.5 Å². The Labute approximate surface area is 87.0 Å². The molecule has 68 valence electrons. The lowest BCUT2D eigenvalue weighted by Gasteiger charge is -2.34. The molecular weight excluding hydrogens is 267 g/mol. The first-order valence-electron chi connectivity index (χ1n) is 4.15. The van der Waals surface area contributed by atoms with Crippen LogP contribution in [-0.2, 0) is 4.43 Å². The topological polar surface area (TPSA) is 9.23 Å². The molecule has 0 aromatic heterocycles. The molecule has 0 saturated carbocycles. The number of hydrogen-bond donors (Lipinski definition) is 0. The minimum atomic E-state index is 0.0775. The van der Waals surface area contributed by atoms with Gasteiger partial charge >= 0.3 is 0 Å². The largest absolute Gasteiger partial charge is 0.423 e. The van der Waals surface area contributed by atoms with Crippen molar-refractivity contribution in [3.63, 3.8) is 0 Å². The van der Waals surface area contributed by atoms with E-state index in [0.717, 1.165) is 14.4 Å². The number of rotatable bonds is 4. The lowest BCUT2D eigenvalue weighted by molar-refractivity contribution is 0.0623. The van der Waals surface area contributed by atoms with Gasteiger partial charge in [0.15, 0.2) is 0 Å². The van der Waals surface area contributed by atoms with E-state index in [4.69, 9.17) is 4.43 Å². The highest BCUT2D eigenvalue weighted by Crippen LogP contribution is 2.29. The molecule has 0 rings (SSSR count). The average molecular weight is 286 g/mol. The highest BCUT2D eigenvalue weighted by atomic mass is 127. The standard InChI is InChI=1S/C8H19IOSi/c1-5-7(9)6(2)8(3,4)10-11/h6-7H,5H2,1-4,11H3. The monoisotopic (exact) mass is 286 g/mol. The fourth-order valence-electron chi connectivity index (χ4n) is 0.975. The third-order valence-corrected chi connectivity index (χ3v) is 5.57. The maximum Gasteiger partial charge on any atom is 0.146 e. The molecule has 0 aliphatic carbocycles. The van der Waals surface area contributed by atoms with Crippen LogP contribution in [0.3, 0.4) is 0 Å². The maximum absolute atomic E-state index is 5.56. The van der Waals surface area contributed by atoms with Crippen LogP contribution in [0.15, 0.2) is 0 Å². The molecule has 0 aliphatic heterocycles. The lowest BCUT2D eigenvalue weighted by Crippen LogP contribution is -2.36. The molecular formula is C8H19IOSi. The van der Waals surface area contributed by atoms with Gasteiger partial charge in [0, 0.05) is 3.92 Å². The molecule has 0 saturated heterocycles. The molecule has 0 fully saturated rings. The third kappa shape index (κ3) is 3.42. The van der Waals surface area contributed by atoms with Crippen molar-refractivity contribution < 1.29 is 4.43 Å². The first kappa shape index (κ1) is 11.9. The first-order chi connectivity index (χ1) is 4.95. The third-order valence-electron chi connectivity index (χ3n) is 2.56. The van der Waals surface area contributed by atoms with Gasteiger partial charge in [0.2, 0.25) is 0 Å². The molecule has 0 spiro atoms. The van der Waals surface area contributed by atoms with E-state index in [0.29, 0.717) is 5.92 Å². The van der Waals surface area contributed by atoms with Gasteiger partial charge in [0.05, 0.1) is 5.60 Å². The van der Waals surface area contributed by atoms with Crippen LogP contribution in [0.25, 0.3) is 0 Å². The maximum atomic E-state index is 5.56. The summed E-state index contributed by atoms with van der Waals surface area (Å²) < 4.78 is 6.29. The van der Waals surface area contributed by atoms with Crippen LogP contribution in [0.2, 0.25) is 0 Å². The predicted octanol–water partition coefficient (Wildman–Crippen LogP) is 1.91. The molecule has 0 radical (unpaired) electrons. The predicted molar refractivity (Wildman–Crippen MR) is 62.4 cm³/mol. The molecule has 0 bridgehead atoms. The number of alkyl halides is 1. The SMILES string of the molecule is CCC(I)C(C)C(C)(C)O[SiH3]. The number of hydrogen-bond acceptors (Lipinski definition) is 1. The Morgan fingerprint density at radius 2 is 2.00 bits per heavy atom. The summed E-state index contributed by atoms with van der Waals surface area (Å²) in [6.07, 6.45) is 1.23. The highest BCUT2D eigenvalue weighted by molar-refractivity contribution is 14.1. The van der Waals surface area contributed by atoms with Crippen LogP contribution in [-0.4, -0.2) is 20.0 Å². The van der Waals surface area contributed by atoms with Gasteiger partial charge in [-0.2, -0.15) is 0 Å². The van der Waals surface area contributed by atoms with Crippen molar-refractivity contribution in [1.82, 2.24) is 0 Å². The summed E-state index contributed by atoms with van der Waals surface area (Å²) in [5, 5.41) is 0. The van der Waals surface area contributed by atoms with Gasteiger partial charge in [-0.25, -0.2) is 0 Å². The van der Waals surface area contributed by atoms with E-state index < -0.39 is 0 Å². The Morgan fingerprint density at radius 1 is 1.55 bits per heavy atom. The molecule has 2 unspecified atom stereocenters. The fraction of sp³-hybridized carbons (Fsp3) is 1.00. The number of halogens is 1. The molecule has 11 heavy (non-hydrogen) atoms. The van der Waals surface area contributed by atoms with E-state index in [-0.39, 0.29) is 5.60 Å².